The van der Waals surface area contributed by atoms with Crippen LogP contribution < -0.4 is 0 Å². The highest BCUT2D eigenvalue weighted by atomic mass is 35.5. The minimum atomic E-state index is -3.76. The molecule has 0 saturated carbocycles. The van der Waals surface area contributed by atoms with E-state index in [-0.39, 0.29) is 15.7 Å². The average molecular weight is 443 g/mol. The number of sulfone groups is 1. The lowest BCUT2D eigenvalue weighted by molar-refractivity contribution is 0.0367. The zero-order valence-electron chi connectivity index (χ0n) is 14.3. The lowest BCUT2D eigenvalue weighted by Gasteiger charge is -2.30. The van der Waals surface area contributed by atoms with Gasteiger partial charge in [-0.15, -0.1) is 11.3 Å². The van der Waals surface area contributed by atoms with Crippen molar-refractivity contribution in [2.75, 3.05) is 50.9 Å². The van der Waals surface area contributed by atoms with Crippen molar-refractivity contribution in [3.05, 3.63) is 16.5 Å². The van der Waals surface area contributed by atoms with Crippen LogP contribution in [0, 0.1) is 0 Å². The quantitative estimate of drug-likeness (QED) is 0.632. The Labute approximate surface area is 163 Å². The molecule has 2 aliphatic heterocycles. The number of ether oxygens (including phenoxy) is 1. The van der Waals surface area contributed by atoms with E-state index in [1.165, 1.54) is 10.4 Å². The molecule has 1 unspecified atom stereocenters. The van der Waals surface area contributed by atoms with Gasteiger partial charge in [0.2, 0.25) is 0 Å². The second kappa shape index (κ2) is 8.42. The second-order valence-corrected chi connectivity index (χ2v) is 12.6. The van der Waals surface area contributed by atoms with E-state index >= 15 is 0 Å². The predicted octanol–water partition coefficient (Wildman–Crippen LogP) is 1.30. The Kier molecular flexibility index (Phi) is 6.64. The molecule has 11 heteroatoms. The maximum atomic E-state index is 13.1. The molecule has 1 aromatic rings. The van der Waals surface area contributed by atoms with Crippen LogP contribution in [-0.4, -0.2) is 83.0 Å². The largest absolute Gasteiger partial charge is 0.379 e. The lowest BCUT2D eigenvalue weighted by atomic mass is 10.2. The molecule has 2 saturated heterocycles. The van der Waals surface area contributed by atoms with Gasteiger partial charge in [0.15, 0.2) is 9.84 Å². The Morgan fingerprint density at radius 1 is 1.31 bits per heavy atom. The molecule has 3 rings (SSSR count). The fourth-order valence-corrected chi connectivity index (χ4v) is 8.46. The number of nitrogens with zero attached hydrogens (tertiary/aromatic N) is 2. The monoisotopic (exact) mass is 442 g/mol. The first-order valence-corrected chi connectivity index (χ1v) is 13.0. The summed E-state index contributed by atoms with van der Waals surface area (Å²) < 4.78 is 57.2. The summed E-state index contributed by atoms with van der Waals surface area (Å²) in [5.41, 5.74) is 0. The SMILES string of the molecule is O=S1(=O)CCC(N(CCCN2CCOCC2)S(=O)(=O)c2ccc(Cl)s2)C1. The van der Waals surface area contributed by atoms with E-state index < -0.39 is 25.9 Å². The predicted molar refractivity (Wildman–Crippen MR) is 102 cm³/mol. The minimum absolute atomic E-state index is 0.0400. The van der Waals surface area contributed by atoms with E-state index in [1.54, 1.807) is 6.07 Å². The molecule has 3 heterocycles. The summed E-state index contributed by atoms with van der Waals surface area (Å²) in [6.45, 7) is 4.12. The highest BCUT2D eigenvalue weighted by Crippen LogP contribution is 2.31. The average Bonchev–Trinajstić information content (AvgIpc) is 3.18. The van der Waals surface area contributed by atoms with Gasteiger partial charge in [0.05, 0.1) is 29.1 Å². The molecule has 1 atom stereocenters. The molecule has 0 spiro atoms. The van der Waals surface area contributed by atoms with E-state index in [1.807, 2.05) is 0 Å². The molecule has 2 aliphatic rings. The molecule has 1 aromatic heterocycles. The van der Waals surface area contributed by atoms with Crippen LogP contribution in [0.5, 0.6) is 0 Å². The first kappa shape index (κ1) is 20.5. The Bertz CT molecular complexity index is 818. The van der Waals surface area contributed by atoms with Gasteiger partial charge in [0.1, 0.15) is 4.21 Å². The van der Waals surface area contributed by atoms with Crippen LogP contribution in [0.25, 0.3) is 0 Å². The summed E-state index contributed by atoms with van der Waals surface area (Å²) in [4.78, 5) is 2.24. The van der Waals surface area contributed by atoms with Crippen LogP contribution in [0.4, 0.5) is 0 Å². The van der Waals surface area contributed by atoms with E-state index in [2.05, 4.69) is 4.90 Å². The first-order chi connectivity index (χ1) is 12.3. The number of morpholine rings is 1. The van der Waals surface area contributed by atoms with Crippen LogP contribution in [0.1, 0.15) is 12.8 Å². The molecule has 0 N–H and O–H groups in total. The van der Waals surface area contributed by atoms with Crippen molar-refractivity contribution in [1.29, 1.82) is 0 Å². The van der Waals surface area contributed by atoms with Gasteiger partial charge in [-0.1, -0.05) is 11.6 Å². The van der Waals surface area contributed by atoms with Gasteiger partial charge < -0.3 is 4.74 Å². The van der Waals surface area contributed by atoms with Crippen LogP contribution in [0.15, 0.2) is 16.3 Å². The Balaban J connectivity index is 1.73. The van der Waals surface area contributed by atoms with Crippen molar-refractivity contribution in [2.24, 2.45) is 0 Å². The summed E-state index contributed by atoms with van der Waals surface area (Å²) in [6.07, 6.45) is 0.993. The summed E-state index contributed by atoms with van der Waals surface area (Å²) in [6, 6.07) is 2.53. The van der Waals surface area contributed by atoms with E-state index in [0.717, 1.165) is 31.0 Å². The van der Waals surface area contributed by atoms with E-state index in [9.17, 15) is 16.8 Å². The number of hydrogen-bond donors (Lipinski definition) is 0. The standard InChI is InChI=1S/C15H23ClN2O5S3/c16-14-2-3-15(24-14)26(21,22)18(13-4-11-25(19,20)12-13)6-1-5-17-7-9-23-10-8-17/h2-3,13H,1,4-12H2. The van der Waals surface area contributed by atoms with Gasteiger partial charge in [-0.25, -0.2) is 16.8 Å². The Hall–Kier alpha value is -0.230. The highest BCUT2D eigenvalue weighted by molar-refractivity contribution is 7.92. The van der Waals surface area contributed by atoms with Crippen LogP contribution in [-0.2, 0) is 24.6 Å². The maximum absolute atomic E-state index is 13.1. The summed E-state index contributed by atoms with van der Waals surface area (Å²) in [7, 11) is -6.94. The number of thiophene rings is 1. The molecule has 7 nitrogen and oxygen atoms in total. The molecule has 148 valence electrons. The number of rotatable bonds is 7. The molecule has 0 bridgehead atoms. The third kappa shape index (κ3) is 4.98. The zero-order chi connectivity index (χ0) is 18.8. The molecule has 0 aliphatic carbocycles. The molecular weight excluding hydrogens is 420 g/mol. The van der Waals surface area contributed by atoms with Gasteiger partial charge in [-0.05, 0) is 31.5 Å². The van der Waals surface area contributed by atoms with Gasteiger partial charge in [0.25, 0.3) is 10.0 Å². The highest BCUT2D eigenvalue weighted by Gasteiger charge is 2.39. The molecule has 2 fully saturated rings. The van der Waals surface area contributed by atoms with Gasteiger partial charge in [-0.2, -0.15) is 4.31 Å². The van der Waals surface area contributed by atoms with Crippen molar-refractivity contribution >= 4 is 42.8 Å². The van der Waals surface area contributed by atoms with E-state index in [4.69, 9.17) is 16.3 Å². The van der Waals surface area contributed by atoms with Crippen LogP contribution in [0.3, 0.4) is 0 Å². The van der Waals surface area contributed by atoms with Crippen molar-refractivity contribution in [1.82, 2.24) is 9.21 Å². The fraction of sp³-hybridized carbons (Fsp3) is 0.733. The maximum Gasteiger partial charge on any atom is 0.252 e. The van der Waals surface area contributed by atoms with E-state index in [0.29, 0.717) is 36.9 Å². The number of hydrogen-bond acceptors (Lipinski definition) is 7. The van der Waals surface area contributed by atoms with Gasteiger partial charge >= 0.3 is 0 Å². The minimum Gasteiger partial charge on any atom is -0.379 e. The van der Waals surface area contributed by atoms with Crippen molar-refractivity contribution in [2.45, 2.75) is 23.1 Å². The molecule has 0 aromatic carbocycles. The molecule has 0 radical (unpaired) electrons. The lowest BCUT2D eigenvalue weighted by Crippen LogP contribution is -2.43. The fourth-order valence-electron chi connectivity index (χ4n) is 3.33. The third-order valence-corrected chi connectivity index (χ3v) is 10.1. The van der Waals surface area contributed by atoms with Crippen LogP contribution in [0.2, 0.25) is 4.34 Å². The second-order valence-electron chi connectivity index (χ2n) is 6.54. The van der Waals surface area contributed by atoms with Gasteiger partial charge in [0, 0.05) is 25.7 Å². The van der Waals surface area contributed by atoms with Gasteiger partial charge in [-0.3, -0.25) is 4.90 Å². The molecule has 26 heavy (non-hydrogen) atoms. The molecule has 0 amide bonds. The first-order valence-electron chi connectivity index (χ1n) is 8.56. The van der Waals surface area contributed by atoms with Crippen molar-refractivity contribution in [3.63, 3.8) is 0 Å². The summed E-state index contributed by atoms with van der Waals surface area (Å²) in [5, 5.41) is 0. The van der Waals surface area contributed by atoms with Crippen LogP contribution >= 0.6 is 22.9 Å². The molecular formula is C15H23ClN2O5S3. The Morgan fingerprint density at radius 2 is 2.04 bits per heavy atom. The zero-order valence-corrected chi connectivity index (χ0v) is 17.5. The summed E-state index contributed by atoms with van der Waals surface area (Å²) in [5.74, 6) is -0.0682. The number of halogens is 1. The third-order valence-electron chi connectivity index (χ3n) is 4.68. The van der Waals surface area contributed by atoms with Crippen molar-refractivity contribution in [3.8, 4) is 0 Å². The Morgan fingerprint density at radius 3 is 2.62 bits per heavy atom. The van der Waals surface area contributed by atoms with Crippen molar-refractivity contribution < 1.29 is 21.6 Å². The number of sulfonamides is 1. The normalized spacial score (nSPS) is 24.3. The topological polar surface area (TPSA) is 84.0 Å². The smallest absolute Gasteiger partial charge is 0.252 e. The summed E-state index contributed by atoms with van der Waals surface area (Å²) >= 11 is 6.91.